The van der Waals surface area contributed by atoms with Crippen molar-refractivity contribution in [2.75, 3.05) is 33.0 Å². The zero-order chi connectivity index (χ0) is 44.6. The number of carbonyl (C=O) groups is 4. The van der Waals surface area contributed by atoms with Gasteiger partial charge in [0.15, 0.2) is 18.9 Å². The number of hydrogen-bond acceptors (Lipinski definition) is 21. The fourth-order valence-corrected chi connectivity index (χ4v) is 7.30. The maximum atomic E-state index is 12.5. The number of hydroxylamine groups is 2. The van der Waals surface area contributed by atoms with E-state index in [1.54, 1.807) is 0 Å². The minimum atomic E-state index is -1.89. The molecule has 4 aliphatic heterocycles. The van der Waals surface area contributed by atoms with Crippen molar-refractivity contribution in [3.05, 3.63) is 0 Å². The Kier molecular flexibility index (Phi) is 21.5. The average molecular weight is 885 g/mol. The minimum Gasteiger partial charge on any atom is -0.394 e. The highest BCUT2D eigenvalue weighted by Gasteiger charge is 2.52. The van der Waals surface area contributed by atoms with Gasteiger partial charge in [0.05, 0.1) is 26.4 Å². The van der Waals surface area contributed by atoms with Gasteiger partial charge in [0.2, 0.25) is 5.91 Å². The molecule has 4 rings (SSSR count). The molecule has 1 unspecified atom stereocenters. The van der Waals surface area contributed by atoms with Gasteiger partial charge in [-0.15, -0.1) is 5.06 Å². The molecule has 4 fully saturated rings. The van der Waals surface area contributed by atoms with Gasteiger partial charge < -0.3 is 89.6 Å². The third kappa shape index (κ3) is 14.7. The predicted octanol–water partition coefficient (Wildman–Crippen LogP) is -4.14. The normalized spacial score (nSPS) is 35.7. The molecule has 0 aromatic carbocycles. The summed E-state index contributed by atoms with van der Waals surface area (Å²) >= 11 is 0. The van der Waals surface area contributed by atoms with Crippen LogP contribution in [0, 0.1) is 0 Å². The molecule has 61 heavy (non-hydrogen) atoms. The van der Waals surface area contributed by atoms with Crippen LogP contribution < -0.4 is 5.32 Å². The maximum Gasteiger partial charge on any atom is 0.333 e. The Balaban J connectivity index is 1.14. The van der Waals surface area contributed by atoms with Crippen LogP contribution in [0.1, 0.15) is 89.9 Å². The largest absolute Gasteiger partial charge is 0.394 e. The highest BCUT2D eigenvalue weighted by molar-refractivity contribution is 6.01. The summed E-state index contributed by atoms with van der Waals surface area (Å²) in [4.78, 5) is 52.2. The van der Waals surface area contributed by atoms with Crippen molar-refractivity contribution in [1.29, 1.82) is 0 Å². The number of unbranched alkanes of at least 4 members (excludes halogenated alkanes) is 9. The lowest BCUT2D eigenvalue weighted by atomic mass is 9.96. The van der Waals surface area contributed by atoms with Crippen LogP contribution in [0.5, 0.6) is 0 Å². The highest BCUT2D eigenvalue weighted by Crippen LogP contribution is 2.31. The molecule has 0 saturated carbocycles. The van der Waals surface area contributed by atoms with Crippen LogP contribution in [0.15, 0.2) is 0 Å². The molecule has 0 aliphatic carbocycles. The van der Waals surface area contributed by atoms with Gasteiger partial charge in [-0.25, -0.2) is 4.79 Å². The molecule has 3 amide bonds. The molecule has 4 heterocycles. The first-order valence-electron chi connectivity index (χ1n) is 21.0. The highest BCUT2D eigenvalue weighted by atomic mass is 16.8. The molecule has 23 heteroatoms. The Hall–Kier alpha value is -2.56. The molecule has 0 spiro atoms. The zero-order valence-corrected chi connectivity index (χ0v) is 34.0. The van der Waals surface area contributed by atoms with Gasteiger partial charge in [0, 0.05) is 32.2 Å². The van der Waals surface area contributed by atoms with Crippen molar-refractivity contribution in [1.82, 2.24) is 10.4 Å². The number of amides is 3. The van der Waals surface area contributed by atoms with E-state index in [1.165, 1.54) is 0 Å². The van der Waals surface area contributed by atoms with E-state index in [4.69, 9.17) is 33.3 Å². The van der Waals surface area contributed by atoms with Crippen LogP contribution in [-0.2, 0) is 52.4 Å². The van der Waals surface area contributed by atoms with E-state index in [0.717, 1.165) is 51.4 Å². The van der Waals surface area contributed by atoms with E-state index in [9.17, 15) is 70.2 Å². The molecule has 4 aliphatic rings. The summed E-state index contributed by atoms with van der Waals surface area (Å²) in [5.74, 6) is -1.81. The lowest BCUT2D eigenvalue weighted by Crippen LogP contribution is -2.65. The van der Waals surface area contributed by atoms with Gasteiger partial charge in [0.1, 0.15) is 73.2 Å². The Morgan fingerprint density at radius 3 is 1.61 bits per heavy atom. The number of aliphatic hydroxyl groups is 10. The van der Waals surface area contributed by atoms with Crippen molar-refractivity contribution >= 4 is 23.7 Å². The van der Waals surface area contributed by atoms with Gasteiger partial charge >= 0.3 is 5.97 Å². The summed E-state index contributed by atoms with van der Waals surface area (Å²) in [7, 11) is 0. The third-order valence-corrected chi connectivity index (χ3v) is 11.0. The summed E-state index contributed by atoms with van der Waals surface area (Å²) in [6, 6.07) is 0. The fourth-order valence-electron chi connectivity index (χ4n) is 7.30. The smallest absolute Gasteiger partial charge is 0.333 e. The van der Waals surface area contributed by atoms with Crippen LogP contribution in [0.2, 0.25) is 0 Å². The molecule has 23 nitrogen and oxygen atoms in total. The van der Waals surface area contributed by atoms with Crippen molar-refractivity contribution < 1.29 is 104 Å². The SMILES string of the molecule is O=C(CCCCCCCCCCCCC(=O)ON1C(=O)CCC1=O)NCCO[C@H]1O[C@H](CO[C@H]2O[C@H](CO)[C@@H](O)[C@H](O)[C@@H]2O)[C@@H](O)[C@H](O[C@H]2OC(CO)[C@@H](O)[C@H](O)[C@@H]2O)[C@@H]1O. The second kappa shape index (κ2) is 25.7. The first-order chi connectivity index (χ1) is 29.2. The van der Waals surface area contributed by atoms with Gasteiger partial charge in [-0.2, -0.15) is 0 Å². The van der Waals surface area contributed by atoms with Gasteiger partial charge in [-0.05, 0) is 12.8 Å². The van der Waals surface area contributed by atoms with Crippen molar-refractivity contribution in [3.8, 4) is 0 Å². The first-order valence-corrected chi connectivity index (χ1v) is 21.0. The molecule has 15 atom stereocenters. The number of aliphatic hydroxyl groups excluding tert-OH is 10. The Morgan fingerprint density at radius 1 is 0.574 bits per heavy atom. The molecule has 4 saturated heterocycles. The molecule has 0 bridgehead atoms. The Bertz CT molecular complexity index is 1340. The predicted molar refractivity (Wildman–Crippen MR) is 201 cm³/mol. The standard InChI is InChI=1S/C38H64N2O21/c41-17-20-27(47)30(50)32(52)36(57-20)56-19-22-29(49)35(60-38-33(53)31(51)28(48)21(18-42)58-38)34(54)37(59-22)55-16-15-39-23(43)11-9-7-5-3-1-2-4-6-8-10-12-26(46)61-40-24(44)13-14-25(40)45/h20-22,27-38,41-42,47-54H,1-19H2,(H,39,43)/t20-,21?,22-,27-,28-,29-,30+,31+,32+,33+,34+,35+,36+,37+,38-/m1/s1. The van der Waals surface area contributed by atoms with E-state index in [0.29, 0.717) is 17.9 Å². The Morgan fingerprint density at radius 2 is 1.05 bits per heavy atom. The zero-order valence-electron chi connectivity index (χ0n) is 34.0. The average Bonchev–Trinajstić information content (AvgIpc) is 3.56. The van der Waals surface area contributed by atoms with E-state index in [1.807, 2.05) is 0 Å². The molecular formula is C38H64N2O21. The van der Waals surface area contributed by atoms with Crippen molar-refractivity contribution in [3.63, 3.8) is 0 Å². The quantitative estimate of drug-likeness (QED) is 0.0306. The molecular weight excluding hydrogens is 820 g/mol. The van der Waals surface area contributed by atoms with E-state index < -0.39 is 130 Å². The monoisotopic (exact) mass is 884 g/mol. The number of ether oxygens (including phenoxy) is 6. The number of imide groups is 1. The number of rotatable bonds is 25. The first kappa shape index (κ1) is 51.1. The fraction of sp³-hybridized carbons (Fsp3) is 0.895. The summed E-state index contributed by atoms with van der Waals surface area (Å²) < 4.78 is 33.4. The Labute approximate surface area is 352 Å². The second-order valence-corrected chi connectivity index (χ2v) is 15.7. The van der Waals surface area contributed by atoms with Gasteiger partial charge in [-0.3, -0.25) is 14.4 Å². The van der Waals surface area contributed by atoms with Gasteiger partial charge in [0.25, 0.3) is 11.8 Å². The van der Waals surface area contributed by atoms with E-state index in [-0.39, 0.29) is 44.7 Å². The van der Waals surface area contributed by atoms with Crippen molar-refractivity contribution in [2.24, 2.45) is 0 Å². The second-order valence-electron chi connectivity index (χ2n) is 15.7. The van der Waals surface area contributed by atoms with E-state index in [2.05, 4.69) is 5.32 Å². The summed E-state index contributed by atoms with van der Waals surface area (Å²) in [5.41, 5.74) is 0. The van der Waals surface area contributed by atoms with Crippen LogP contribution in [-0.4, -0.2) is 205 Å². The van der Waals surface area contributed by atoms with Crippen molar-refractivity contribution in [2.45, 2.75) is 182 Å². The summed E-state index contributed by atoms with van der Waals surface area (Å²) in [6.45, 7) is -2.32. The maximum absolute atomic E-state index is 12.5. The molecule has 0 radical (unpaired) electrons. The molecule has 11 N–H and O–H groups in total. The van der Waals surface area contributed by atoms with Crippen LogP contribution in [0.25, 0.3) is 0 Å². The molecule has 0 aromatic rings. The topological polar surface area (TPSA) is 350 Å². The lowest BCUT2D eigenvalue weighted by molar-refractivity contribution is -0.366. The number of hydrogen-bond donors (Lipinski definition) is 11. The number of carbonyl (C=O) groups excluding carboxylic acids is 4. The molecule has 352 valence electrons. The van der Waals surface area contributed by atoms with Crippen LogP contribution in [0.3, 0.4) is 0 Å². The lowest BCUT2D eigenvalue weighted by Gasteiger charge is -2.46. The summed E-state index contributed by atoms with van der Waals surface area (Å²) in [5, 5.41) is 106. The summed E-state index contributed by atoms with van der Waals surface area (Å²) in [6.07, 6.45) is -15.5. The van der Waals surface area contributed by atoms with Crippen LogP contribution in [0.4, 0.5) is 0 Å². The third-order valence-electron chi connectivity index (χ3n) is 11.0. The minimum absolute atomic E-state index is 0.00276. The number of nitrogens with one attached hydrogen (secondary N) is 1. The number of nitrogens with zero attached hydrogens (tertiary/aromatic N) is 1. The van der Waals surface area contributed by atoms with Crippen LogP contribution >= 0.6 is 0 Å². The molecule has 0 aromatic heterocycles. The van der Waals surface area contributed by atoms with E-state index >= 15 is 0 Å². The van der Waals surface area contributed by atoms with Gasteiger partial charge in [-0.1, -0.05) is 51.4 Å².